The van der Waals surface area contributed by atoms with Crippen molar-refractivity contribution in [3.05, 3.63) is 96.3 Å². The molecule has 0 aliphatic carbocycles. The Balaban J connectivity index is 1.69. The highest BCUT2D eigenvalue weighted by Crippen LogP contribution is 2.29. The number of hydrogen-bond donors (Lipinski definition) is 1. The Morgan fingerprint density at radius 3 is 2.37 bits per heavy atom. The summed E-state index contributed by atoms with van der Waals surface area (Å²) in [6.07, 6.45) is 3.48. The summed E-state index contributed by atoms with van der Waals surface area (Å²) in [5.41, 5.74) is 2.02. The monoisotopic (exact) mass is 349 g/mol. The predicted octanol–water partition coefficient (Wildman–Crippen LogP) is 4.58. The van der Waals surface area contributed by atoms with Gasteiger partial charge in [-0.05, 0) is 41.1 Å². The minimum Gasteiger partial charge on any atom is -0.324 e. The van der Waals surface area contributed by atoms with Crippen LogP contribution >= 0.6 is 0 Å². The number of benzene rings is 2. The first kappa shape index (κ1) is 15.4. The number of rotatable bonds is 2. The van der Waals surface area contributed by atoms with Crippen LogP contribution in [0.15, 0.2) is 95.2 Å². The second kappa shape index (κ2) is 6.46. The number of fused-ring (bicyclic) bond motifs is 3. The summed E-state index contributed by atoms with van der Waals surface area (Å²) in [7, 11) is 0. The van der Waals surface area contributed by atoms with E-state index in [0.717, 1.165) is 33.6 Å². The minimum atomic E-state index is 0.634. The number of amidine groups is 2. The van der Waals surface area contributed by atoms with E-state index in [9.17, 15) is 0 Å². The van der Waals surface area contributed by atoms with E-state index in [2.05, 4.69) is 44.5 Å². The van der Waals surface area contributed by atoms with E-state index in [0.29, 0.717) is 11.7 Å². The number of hydrogen-bond acceptors (Lipinski definition) is 4. The third-order valence-corrected chi connectivity index (χ3v) is 4.41. The highest BCUT2D eigenvalue weighted by Gasteiger charge is 2.24. The van der Waals surface area contributed by atoms with Crippen LogP contribution in [0, 0.1) is 0 Å². The molecule has 1 N–H and O–H groups in total. The Labute approximate surface area is 156 Å². The molecule has 1 aliphatic rings. The van der Waals surface area contributed by atoms with Crippen LogP contribution in [0.1, 0.15) is 11.1 Å². The number of nitrogens with zero attached hydrogens (tertiary/aromatic N) is 4. The number of anilines is 1. The number of aromatic nitrogens is 2. The van der Waals surface area contributed by atoms with Gasteiger partial charge in [-0.2, -0.15) is 0 Å². The van der Waals surface area contributed by atoms with Crippen molar-refractivity contribution in [1.29, 1.82) is 0 Å². The molecule has 5 rings (SSSR count). The van der Waals surface area contributed by atoms with Crippen molar-refractivity contribution in [1.82, 2.24) is 9.97 Å². The first-order valence-electron chi connectivity index (χ1n) is 8.67. The molecule has 128 valence electrons. The maximum Gasteiger partial charge on any atom is 0.164 e. The maximum atomic E-state index is 4.77. The first-order valence-corrected chi connectivity index (χ1v) is 8.67. The van der Waals surface area contributed by atoms with Gasteiger partial charge in [0, 0.05) is 23.5 Å². The highest BCUT2D eigenvalue weighted by molar-refractivity contribution is 6.30. The second-order valence-electron chi connectivity index (χ2n) is 6.13. The SMILES string of the molecule is c1ccc(N=C2N=C(Nc3ccccn3)c3c2ccc2ccccc32)nc1. The van der Waals surface area contributed by atoms with E-state index in [-0.39, 0.29) is 0 Å². The molecular formula is C22H15N5. The van der Waals surface area contributed by atoms with Crippen molar-refractivity contribution >= 4 is 34.1 Å². The zero-order valence-corrected chi connectivity index (χ0v) is 14.4. The lowest BCUT2D eigenvalue weighted by Crippen LogP contribution is -2.12. The third-order valence-electron chi connectivity index (χ3n) is 4.41. The summed E-state index contributed by atoms with van der Waals surface area (Å²) >= 11 is 0. The molecule has 5 nitrogen and oxygen atoms in total. The molecule has 0 saturated carbocycles. The van der Waals surface area contributed by atoms with Crippen LogP contribution < -0.4 is 5.32 Å². The van der Waals surface area contributed by atoms with Crippen molar-refractivity contribution in [2.45, 2.75) is 0 Å². The molecule has 2 aromatic heterocycles. The zero-order chi connectivity index (χ0) is 18.1. The molecule has 27 heavy (non-hydrogen) atoms. The van der Waals surface area contributed by atoms with Crippen molar-refractivity contribution in [3.8, 4) is 0 Å². The van der Waals surface area contributed by atoms with Gasteiger partial charge in [0.1, 0.15) is 11.7 Å². The summed E-state index contributed by atoms with van der Waals surface area (Å²) in [6.45, 7) is 0. The summed E-state index contributed by atoms with van der Waals surface area (Å²) in [4.78, 5) is 18.1. The molecule has 5 heteroatoms. The van der Waals surface area contributed by atoms with Gasteiger partial charge in [-0.25, -0.2) is 20.0 Å². The van der Waals surface area contributed by atoms with Gasteiger partial charge in [0.25, 0.3) is 0 Å². The Hall–Kier alpha value is -3.86. The molecule has 3 heterocycles. The molecule has 0 fully saturated rings. The molecule has 1 aliphatic heterocycles. The Morgan fingerprint density at radius 1 is 0.741 bits per heavy atom. The molecule has 0 radical (unpaired) electrons. The standard InChI is InChI=1S/C22H15N5/c1-2-8-16-15(7-1)11-12-17-20(16)22(26-19-10-4-6-14-24-19)27-21(17)25-18-9-3-5-13-23-18/h1-14H,(H,23,24,25,26,27). The van der Waals surface area contributed by atoms with Gasteiger partial charge >= 0.3 is 0 Å². The van der Waals surface area contributed by atoms with Gasteiger partial charge in [0.05, 0.1) is 0 Å². The minimum absolute atomic E-state index is 0.634. The van der Waals surface area contributed by atoms with Crippen molar-refractivity contribution in [3.63, 3.8) is 0 Å². The van der Waals surface area contributed by atoms with E-state index < -0.39 is 0 Å². The van der Waals surface area contributed by atoms with Gasteiger partial charge in [0.15, 0.2) is 11.7 Å². The van der Waals surface area contributed by atoms with Gasteiger partial charge in [-0.3, -0.25) is 0 Å². The summed E-state index contributed by atoms with van der Waals surface area (Å²) in [5, 5.41) is 5.63. The highest BCUT2D eigenvalue weighted by atomic mass is 15.1. The van der Waals surface area contributed by atoms with Crippen LogP contribution in [0.25, 0.3) is 10.8 Å². The van der Waals surface area contributed by atoms with E-state index in [4.69, 9.17) is 4.99 Å². The van der Waals surface area contributed by atoms with Crippen molar-refractivity contribution in [2.24, 2.45) is 9.98 Å². The number of aliphatic imine (C=N–C) groups is 2. The van der Waals surface area contributed by atoms with Crippen LogP contribution in [-0.2, 0) is 0 Å². The molecule has 0 amide bonds. The molecule has 0 spiro atoms. The van der Waals surface area contributed by atoms with Crippen molar-refractivity contribution < 1.29 is 0 Å². The quantitative estimate of drug-likeness (QED) is 0.576. The Bertz CT molecular complexity index is 1180. The lowest BCUT2D eigenvalue weighted by atomic mass is 9.99. The average molecular weight is 349 g/mol. The molecule has 0 saturated heterocycles. The number of nitrogens with one attached hydrogen (secondary N) is 1. The van der Waals surface area contributed by atoms with Gasteiger partial charge < -0.3 is 5.32 Å². The molecule has 2 aromatic carbocycles. The smallest absolute Gasteiger partial charge is 0.164 e. The maximum absolute atomic E-state index is 4.77. The van der Waals surface area contributed by atoms with Crippen LogP contribution in [-0.4, -0.2) is 21.6 Å². The lowest BCUT2D eigenvalue weighted by Gasteiger charge is -2.09. The van der Waals surface area contributed by atoms with E-state index in [1.807, 2.05) is 48.5 Å². The molecular weight excluding hydrogens is 334 g/mol. The fourth-order valence-corrected chi connectivity index (χ4v) is 3.20. The van der Waals surface area contributed by atoms with E-state index in [1.165, 1.54) is 0 Å². The normalized spacial score (nSPS) is 14.2. The Morgan fingerprint density at radius 2 is 1.56 bits per heavy atom. The van der Waals surface area contributed by atoms with Gasteiger partial charge in [-0.1, -0.05) is 42.5 Å². The molecule has 0 bridgehead atoms. The van der Waals surface area contributed by atoms with Crippen LogP contribution in [0.3, 0.4) is 0 Å². The first-order chi connectivity index (χ1) is 13.4. The fraction of sp³-hybridized carbons (Fsp3) is 0. The van der Waals surface area contributed by atoms with Gasteiger partial charge in [0.2, 0.25) is 0 Å². The largest absolute Gasteiger partial charge is 0.324 e. The fourth-order valence-electron chi connectivity index (χ4n) is 3.20. The summed E-state index contributed by atoms with van der Waals surface area (Å²) < 4.78 is 0. The van der Waals surface area contributed by atoms with Crippen molar-refractivity contribution in [2.75, 3.05) is 5.32 Å². The Kier molecular flexibility index (Phi) is 3.68. The topological polar surface area (TPSA) is 62.5 Å². The predicted molar refractivity (Wildman–Crippen MR) is 109 cm³/mol. The zero-order valence-electron chi connectivity index (χ0n) is 14.4. The average Bonchev–Trinajstić information content (AvgIpc) is 3.07. The molecule has 0 atom stereocenters. The van der Waals surface area contributed by atoms with E-state index >= 15 is 0 Å². The molecule has 4 aromatic rings. The second-order valence-corrected chi connectivity index (χ2v) is 6.13. The van der Waals surface area contributed by atoms with E-state index in [1.54, 1.807) is 12.4 Å². The number of pyridine rings is 2. The lowest BCUT2D eigenvalue weighted by molar-refractivity contribution is 1.27. The third kappa shape index (κ3) is 2.85. The van der Waals surface area contributed by atoms with Crippen LogP contribution in [0.4, 0.5) is 11.6 Å². The molecule has 0 unspecified atom stereocenters. The van der Waals surface area contributed by atoms with Crippen LogP contribution in [0.2, 0.25) is 0 Å². The summed E-state index contributed by atoms with van der Waals surface area (Å²) in [5.74, 6) is 2.77. The summed E-state index contributed by atoms with van der Waals surface area (Å²) in [6, 6.07) is 23.8. The van der Waals surface area contributed by atoms with Crippen LogP contribution in [0.5, 0.6) is 0 Å². The van der Waals surface area contributed by atoms with Gasteiger partial charge in [-0.15, -0.1) is 0 Å².